The van der Waals surface area contributed by atoms with E-state index in [4.69, 9.17) is 4.74 Å². The zero-order valence-corrected chi connectivity index (χ0v) is 12.6. The minimum atomic E-state index is 0.885. The van der Waals surface area contributed by atoms with Crippen LogP contribution in [-0.2, 0) is 6.54 Å². The minimum Gasteiger partial charge on any atom is -0.457 e. The van der Waals surface area contributed by atoms with Gasteiger partial charge in [-0.15, -0.1) is 0 Å². The second kappa shape index (κ2) is 7.11. The van der Waals surface area contributed by atoms with Crippen LogP contribution >= 0.6 is 0 Å². The Hall–Kier alpha value is -1.80. The molecular formula is C18H23NO. The smallest absolute Gasteiger partial charge is 0.130 e. The maximum atomic E-state index is 5.92. The molecule has 0 aromatic heterocycles. The molecular weight excluding hydrogens is 246 g/mol. The maximum absolute atomic E-state index is 5.92. The summed E-state index contributed by atoms with van der Waals surface area (Å²) >= 11 is 0. The number of nitrogens with one attached hydrogen (secondary N) is 1. The van der Waals surface area contributed by atoms with E-state index < -0.39 is 0 Å². The molecule has 0 atom stereocenters. The fourth-order valence-corrected chi connectivity index (χ4v) is 2.08. The van der Waals surface area contributed by atoms with Crippen molar-refractivity contribution in [3.8, 4) is 11.5 Å². The van der Waals surface area contributed by atoms with E-state index in [1.807, 2.05) is 12.1 Å². The summed E-state index contributed by atoms with van der Waals surface area (Å²) in [5.74, 6) is 1.81. The van der Waals surface area contributed by atoms with Gasteiger partial charge in [0.15, 0.2) is 0 Å². The van der Waals surface area contributed by atoms with E-state index in [0.29, 0.717) is 0 Å². The van der Waals surface area contributed by atoms with Gasteiger partial charge in [0.05, 0.1) is 0 Å². The molecule has 2 aromatic carbocycles. The fraction of sp³-hybridized carbons (Fsp3) is 0.333. The number of hydrogen-bond acceptors (Lipinski definition) is 2. The van der Waals surface area contributed by atoms with Crippen molar-refractivity contribution in [3.63, 3.8) is 0 Å². The van der Waals surface area contributed by atoms with Crippen LogP contribution in [0.2, 0.25) is 0 Å². The molecule has 0 fully saturated rings. The fourth-order valence-electron chi connectivity index (χ4n) is 2.08. The van der Waals surface area contributed by atoms with Gasteiger partial charge in [-0.3, -0.25) is 0 Å². The maximum Gasteiger partial charge on any atom is 0.130 e. The van der Waals surface area contributed by atoms with Gasteiger partial charge in [0.2, 0.25) is 0 Å². The van der Waals surface area contributed by atoms with Crippen molar-refractivity contribution in [3.05, 3.63) is 59.2 Å². The molecule has 0 aliphatic heterocycles. The van der Waals surface area contributed by atoms with Gasteiger partial charge in [-0.2, -0.15) is 0 Å². The molecule has 0 aliphatic carbocycles. The summed E-state index contributed by atoms with van der Waals surface area (Å²) in [5.41, 5.74) is 3.71. The summed E-state index contributed by atoms with van der Waals surface area (Å²) in [5, 5.41) is 3.41. The second-order valence-corrected chi connectivity index (χ2v) is 5.19. The molecule has 2 nitrogen and oxygen atoms in total. The summed E-state index contributed by atoms with van der Waals surface area (Å²) in [6.45, 7) is 8.32. The van der Waals surface area contributed by atoms with Crippen LogP contribution in [0.5, 0.6) is 11.5 Å². The van der Waals surface area contributed by atoms with Crippen LogP contribution in [0.3, 0.4) is 0 Å². The van der Waals surface area contributed by atoms with Crippen molar-refractivity contribution in [2.24, 2.45) is 0 Å². The van der Waals surface area contributed by atoms with Crippen molar-refractivity contribution in [2.45, 2.75) is 33.7 Å². The molecule has 2 rings (SSSR count). The van der Waals surface area contributed by atoms with Crippen LogP contribution in [0, 0.1) is 13.8 Å². The van der Waals surface area contributed by atoms with E-state index in [1.54, 1.807) is 0 Å². The lowest BCUT2D eigenvalue weighted by atomic mass is 10.1. The molecule has 0 radical (unpaired) electrons. The molecule has 0 spiro atoms. The normalized spacial score (nSPS) is 10.6. The molecule has 0 aliphatic rings. The molecule has 2 aromatic rings. The van der Waals surface area contributed by atoms with Crippen LogP contribution in [0.4, 0.5) is 0 Å². The van der Waals surface area contributed by atoms with Gasteiger partial charge >= 0.3 is 0 Å². The first-order chi connectivity index (χ1) is 9.69. The van der Waals surface area contributed by atoms with Crippen LogP contribution in [0.25, 0.3) is 0 Å². The van der Waals surface area contributed by atoms with E-state index in [0.717, 1.165) is 31.0 Å². The molecule has 20 heavy (non-hydrogen) atoms. The van der Waals surface area contributed by atoms with Crippen molar-refractivity contribution >= 4 is 0 Å². The third-order valence-electron chi connectivity index (χ3n) is 3.24. The van der Waals surface area contributed by atoms with Gasteiger partial charge in [0, 0.05) is 6.54 Å². The van der Waals surface area contributed by atoms with E-state index in [-0.39, 0.29) is 0 Å². The first-order valence-electron chi connectivity index (χ1n) is 7.24. The Kier molecular flexibility index (Phi) is 5.19. The van der Waals surface area contributed by atoms with E-state index in [9.17, 15) is 0 Å². The molecule has 0 saturated carbocycles. The number of hydrogen-bond donors (Lipinski definition) is 1. The summed E-state index contributed by atoms with van der Waals surface area (Å²) < 4.78 is 5.92. The minimum absolute atomic E-state index is 0.885. The van der Waals surface area contributed by atoms with Crippen molar-refractivity contribution < 1.29 is 4.74 Å². The molecule has 0 unspecified atom stereocenters. The van der Waals surface area contributed by atoms with Gasteiger partial charge in [-0.05, 0) is 56.1 Å². The topological polar surface area (TPSA) is 21.3 Å². The Balaban J connectivity index is 2.03. The van der Waals surface area contributed by atoms with Gasteiger partial charge in [-0.25, -0.2) is 0 Å². The van der Waals surface area contributed by atoms with E-state index in [2.05, 4.69) is 56.4 Å². The molecule has 2 heteroatoms. The average molecular weight is 269 g/mol. The highest BCUT2D eigenvalue weighted by molar-refractivity contribution is 5.40. The Morgan fingerprint density at radius 1 is 1.00 bits per heavy atom. The number of rotatable bonds is 6. The van der Waals surface area contributed by atoms with Gasteiger partial charge in [0.1, 0.15) is 11.5 Å². The van der Waals surface area contributed by atoms with E-state index in [1.165, 1.54) is 16.7 Å². The average Bonchev–Trinajstić information content (AvgIpc) is 2.44. The Bertz CT molecular complexity index is 546. The molecule has 0 amide bonds. The van der Waals surface area contributed by atoms with Crippen LogP contribution in [0.1, 0.15) is 30.0 Å². The second-order valence-electron chi connectivity index (χ2n) is 5.19. The zero-order chi connectivity index (χ0) is 14.4. The van der Waals surface area contributed by atoms with Gasteiger partial charge in [0.25, 0.3) is 0 Å². The van der Waals surface area contributed by atoms with Crippen LogP contribution in [-0.4, -0.2) is 6.54 Å². The first kappa shape index (κ1) is 14.6. The van der Waals surface area contributed by atoms with Gasteiger partial charge < -0.3 is 10.1 Å². The summed E-state index contributed by atoms with van der Waals surface area (Å²) in [6.07, 6.45) is 1.16. The zero-order valence-electron chi connectivity index (χ0n) is 12.6. The molecule has 106 valence electrons. The van der Waals surface area contributed by atoms with E-state index >= 15 is 0 Å². The molecule has 0 bridgehead atoms. The summed E-state index contributed by atoms with van der Waals surface area (Å²) in [4.78, 5) is 0. The van der Waals surface area contributed by atoms with Crippen molar-refractivity contribution in [1.29, 1.82) is 0 Å². The quantitative estimate of drug-likeness (QED) is 0.774. The summed E-state index contributed by atoms with van der Waals surface area (Å²) in [6, 6.07) is 14.5. The Labute approximate surface area is 121 Å². The molecule has 1 N–H and O–H groups in total. The lowest BCUT2D eigenvalue weighted by molar-refractivity contribution is 0.478. The molecule has 0 heterocycles. The monoisotopic (exact) mass is 269 g/mol. The predicted octanol–water partition coefficient (Wildman–Crippen LogP) is 4.60. The highest BCUT2D eigenvalue weighted by Gasteiger charge is 2.03. The first-order valence-corrected chi connectivity index (χ1v) is 7.24. The largest absolute Gasteiger partial charge is 0.457 e. The number of benzene rings is 2. The van der Waals surface area contributed by atoms with Crippen molar-refractivity contribution in [2.75, 3.05) is 6.54 Å². The summed E-state index contributed by atoms with van der Waals surface area (Å²) in [7, 11) is 0. The number of aryl methyl sites for hydroxylation is 2. The Morgan fingerprint density at radius 2 is 1.75 bits per heavy atom. The van der Waals surface area contributed by atoms with Crippen LogP contribution in [0.15, 0.2) is 42.5 Å². The third-order valence-corrected chi connectivity index (χ3v) is 3.24. The highest BCUT2D eigenvalue weighted by Crippen LogP contribution is 2.25. The SMILES string of the molecule is CCCNCc1ccc(Oc2ccc(C)cc2)c(C)c1. The Morgan fingerprint density at radius 3 is 2.40 bits per heavy atom. The highest BCUT2D eigenvalue weighted by atomic mass is 16.5. The van der Waals surface area contributed by atoms with Crippen LogP contribution < -0.4 is 10.1 Å². The lowest BCUT2D eigenvalue weighted by Gasteiger charge is -2.11. The standard InChI is InChI=1S/C18H23NO/c1-4-11-19-13-16-7-10-18(15(3)12-16)20-17-8-5-14(2)6-9-17/h5-10,12,19H,4,11,13H2,1-3H3. The third kappa shape index (κ3) is 4.10. The lowest BCUT2D eigenvalue weighted by Crippen LogP contribution is -2.13. The predicted molar refractivity (Wildman–Crippen MR) is 84.4 cm³/mol. The van der Waals surface area contributed by atoms with Gasteiger partial charge in [-0.1, -0.05) is 36.8 Å². The van der Waals surface area contributed by atoms with Crippen molar-refractivity contribution in [1.82, 2.24) is 5.32 Å². The molecule has 0 saturated heterocycles. The number of ether oxygens (including phenoxy) is 1.